The van der Waals surface area contributed by atoms with Gasteiger partial charge >= 0.3 is 0 Å². The first-order chi connectivity index (χ1) is 10.7. The Morgan fingerprint density at radius 2 is 1.32 bits per heavy atom. The largest absolute Gasteiger partial charge is 0.508 e. The van der Waals surface area contributed by atoms with Gasteiger partial charge < -0.3 is 10.0 Å². The molecule has 2 aromatic rings. The van der Waals surface area contributed by atoms with Crippen LogP contribution in [0.2, 0.25) is 0 Å². The summed E-state index contributed by atoms with van der Waals surface area (Å²) in [5, 5.41) is 9.29. The third-order valence-corrected chi connectivity index (χ3v) is 3.61. The molecule has 0 aliphatic rings. The van der Waals surface area contributed by atoms with Gasteiger partial charge in [0.25, 0.3) is 0 Å². The zero-order valence-corrected chi connectivity index (χ0v) is 13.2. The number of benzene rings is 2. The third kappa shape index (κ3) is 3.88. The number of anilines is 1. The van der Waals surface area contributed by atoms with Crippen LogP contribution < -0.4 is 4.90 Å². The molecule has 1 N–H and O–H groups in total. The number of hydrogen-bond donors (Lipinski definition) is 1. The molecule has 0 fully saturated rings. The SMILES string of the molecule is CCCN(CCC)c1ccc(C(=O)c2ccc(O)cc2)cc1. The van der Waals surface area contributed by atoms with Gasteiger partial charge in [-0.25, -0.2) is 0 Å². The Hall–Kier alpha value is -2.29. The maximum atomic E-state index is 12.4. The normalized spacial score (nSPS) is 10.5. The van der Waals surface area contributed by atoms with E-state index in [1.807, 2.05) is 24.3 Å². The van der Waals surface area contributed by atoms with Gasteiger partial charge in [0.05, 0.1) is 0 Å². The van der Waals surface area contributed by atoms with Gasteiger partial charge in [0, 0.05) is 29.9 Å². The van der Waals surface area contributed by atoms with Crippen molar-refractivity contribution in [3.63, 3.8) is 0 Å². The Balaban J connectivity index is 2.17. The van der Waals surface area contributed by atoms with Crippen LogP contribution in [0.1, 0.15) is 42.6 Å². The van der Waals surface area contributed by atoms with Crippen molar-refractivity contribution in [3.8, 4) is 5.75 Å². The van der Waals surface area contributed by atoms with Gasteiger partial charge in [-0.1, -0.05) is 13.8 Å². The van der Waals surface area contributed by atoms with Crippen LogP contribution in [-0.4, -0.2) is 24.0 Å². The topological polar surface area (TPSA) is 40.5 Å². The Morgan fingerprint density at radius 3 is 1.77 bits per heavy atom. The van der Waals surface area contributed by atoms with E-state index in [-0.39, 0.29) is 11.5 Å². The van der Waals surface area contributed by atoms with Crippen molar-refractivity contribution < 1.29 is 9.90 Å². The number of nitrogens with zero attached hydrogens (tertiary/aromatic N) is 1. The van der Waals surface area contributed by atoms with E-state index in [1.165, 1.54) is 12.1 Å². The Labute approximate surface area is 132 Å². The lowest BCUT2D eigenvalue weighted by Gasteiger charge is -2.23. The second-order valence-electron chi connectivity index (χ2n) is 5.41. The van der Waals surface area contributed by atoms with Gasteiger partial charge in [-0.15, -0.1) is 0 Å². The highest BCUT2D eigenvalue weighted by atomic mass is 16.3. The molecule has 0 saturated heterocycles. The van der Waals surface area contributed by atoms with E-state index in [9.17, 15) is 9.90 Å². The van der Waals surface area contributed by atoms with Crippen LogP contribution in [0.15, 0.2) is 48.5 Å². The summed E-state index contributed by atoms with van der Waals surface area (Å²) in [6.07, 6.45) is 2.21. The minimum Gasteiger partial charge on any atom is -0.508 e. The second-order valence-corrected chi connectivity index (χ2v) is 5.41. The number of aromatic hydroxyl groups is 1. The first-order valence-electron chi connectivity index (χ1n) is 7.84. The van der Waals surface area contributed by atoms with E-state index in [1.54, 1.807) is 12.1 Å². The van der Waals surface area contributed by atoms with Gasteiger partial charge in [-0.3, -0.25) is 4.79 Å². The molecule has 2 aromatic carbocycles. The first kappa shape index (κ1) is 16.1. The van der Waals surface area contributed by atoms with Gasteiger partial charge in [-0.2, -0.15) is 0 Å². The number of carbonyl (C=O) groups excluding carboxylic acids is 1. The first-order valence-corrected chi connectivity index (χ1v) is 7.84. The predicted molar refractivity (Wildman–Crippen MR) is 90.8 cm³/mol. The molecule has 3 nitrogen and oxygen atoms in total. The van der Waals surface area contributed by atoms with Crippen molar-refractivity contribution in [2.45, 2.75) is 26.7 Å². The smallest absolute Gasteiger partial charge is 0.193 e. The maximum absolute atomic E-state index is 12.4. The molecule has 0 saturated carbocycles. The average molecular weight is 297 g/mol. The lowest BCUT2D eigenvalue weighted by Crippen LogP contribution is -2.24. The summed E-state index contributed by atoms with van der Waals surface area (Å²) in [6, 6.07) is 14.1. The van der Waals surface area contributed by atoms with Crippen molar-refractivity contribution in [1.82, 2.24) is 0 Å². The van der Waals surface area contributed by atoms with E-state index >= 15 is 0 Å². The molecule has 0 amide bonds. The standard InChI is InChI=1S/C19H23NO2/c1-3-13-20(14-4-2)17-9-5-15(6-10-17)19(22)16-7-11-18(21)12-8-16/h5-12,21H,3-4,13-14H2,1-2H3. The number of hydrogen-bond acceptors (Lipinski definition) is 3. The summed E-state index contributed by atoms with van der Waals surface area (Å²) < 4.78 is 0. The summed E-state index contributed by atoms with van der Waals surface area (Å²) >= 11 is 0. The number of rotatable bonds is 7. The molecule has 116 valence electrons. The van der Waals surface area contributed by atoms with Crippen LogP contribution >= 0.6 is 0 Å². The Bertz CT molecular complexity index is 596. The second kappa shape index (κ2) is 7.64. The number of ketones is 1. The minimum atomic E-state index is -0.0240. The molecule has 0 radical (unpaired) electrons. The average Bonchev–Trinajstić information content (AvgIpc) is 2.55. The van der Waals surface area contributed by atoms with E-state index in [4.69, 9.17) is 0 Å². The lowest BCUT2D eigenvalue weighted by molar-refractivity contribution is 0.103. The highest BCUT2D eigenvalue weighted by Crippen LogP contribution is 2.19. The van der Waals surface area contributed by atoms with Crippen LogP contribution in [0.5, 0.6) is 5.75 Å². The van der Waals surface area contributed by atoms with Gasteiger partial charge in [0.1, 0.15) is 5.75 Å². The molecule has 22 heavy (non-hydrogen) atoms. The van der Waals surface area contributed by atoms with Crippen LogP contribution in [0.4, 0.5) is 5.69 Å². The monoisotopic (exact) mass is 297 g/mol. The molecule has 2 rings (SSSR count). The molecule has 0 atom stereocenters. The zero-order valence-electron chi connectivity index (χ0n) is 13.2. The molecule has 0 bridgehead atoms. The molecule has 0 aliphatic carbocycles. The molecule has 0 aromatic heterocycles. The maximum Gasteiger partial charge on any atom is 0.193 e. The molecule has 0 aliphatic heterocycles. The quantitative estimate of drug-likeness (QED) is 0.777. The lowest BCUT2D eigenvalue weighted by atomic mass is 10.0. The Kier molecular flexibility index (Phi) is 5.59. The summed E-state index contributed by atoms with van der Waals surface area (Å²) in [7, 11) is 0. The van der Waals surface area contributed by atoms with Crippen molar-refractivity contribution in [3.05, 3.63) is 59.7 Å². The fourth-order valence-corrected chi connectivity index (χ4v) is 2.51. The highest BCUT2D eigenvalue weighted by molar-refractivity contribution is 6.09. The van der Waals surface area contributed by atoms with E-state index < -0.39 is 0 Å². The van der Waals surface area contributed by atoms with Crippen molar-refractivity contribution in [1.29, 1.82) is 0 Å². The molecular weight excluding hydrogens is 274 g/mol. The summed E-state index contributed by atoms with van der Waals surface area (Å²) in [5.74, 6) is 0.144. The predicted octanol–water partition coefficient (Wildman–Crippen LogP) is 4.25. The van der Waals surface area contributed by atoms with Crippen molar-refractivity contribution >= 4 is 11.5 Å². The fraction of sp³-hybridized carbons (Fsp3) is 0.316. The van der Waals surface area contributed by atoms with E-state index in [0.29, 0.717) is 11.1 Å². The summed E-state index contributed by atoms with van der Waals surface area (Å²) in [4.78, 5) is 14.7. The minimum absolute atomic E-state index is 0.0240. The fourth-order valence-electron chi connectivity index (χ4n) is 2.51. The van der Waals surface area contributed by atoms with Crippen LogP contribution in [0.3, 0.4) is 0 Å². The van der Waals surface area contributed by atoms with Crippen LogP contribution in [0, 0.1) is 0 Å². The van der Waals surface area contributed by atoms with E-state index in [2.05, 4.69) is 18.7 Å². The summed E-state index contributed by atoms with van der Waals surface area (Å²) in [6.45, 7) is 6.40. The van der Waals surface area contributed by atoms with Gasteiger partial charge in [0.15, 0.2) is 5.78 Å². The molecule has 0 spiro atoms. The van der Waals surface area contributed by atoms with Gasteiger partial charge in [0.2, 0.25) is 0 Å². The molecular formula is C19H23NO2. The van der Waals surface area contributed by atoms with Crippen LogP contribution in [-0.2, 0) is 0 Å². The van der Waals surface area contributed by atoms with Crippen molar-refractivity contribution in [2.24, 2.45) is 0 Å². The molecule has 0 heterocycles. The highest BCUT2D eigenvalue weighted by Gasteiger charge is 2.10. The number of phenolic OH excluding ortho intramolecular Hbond substituents is 1. The zero-order chi connectivity index (χ0) is 15.9. The Morgan fingerprint density at radius 1 is 0.864 bits per heavy atom. The van der Waals surface area contributed by atoms with E-state index in [0.717, 1.165) is 31.6 Å². The number of carbonyl (C=O) groups is 1. The summed E-state index contributed by atoms with van der Waals surface area (Å²) in [5.41, 5.74) is 2.41. The van der Waals surface area contributed by atoms with Gasteiger partial charge in [-0.05, 0) is 61.4 Å². The number of phenols is 1. The van der Waals surface area contributed by atoms with Crippen LogP contribution in [0.25, 0.3) is 0 Å². The molecule has 0 unspecified atom stereocenters. The third-order valence-electron chi connectivity index (χ3n) is 3.61. The van der Waals surface area contributed by atoms with Crippen molar-refractivity contribution in [2.75, 3.05) is 18.0 Å². The molecule has 3 heteroatoms.